The van der Waals surface area contributed by atoms with Gasteiger partial charge in [-0.25, -0.2) is 4.79 Å². The van der Waals surface area contributed by atoms with Gasteiger partial charge in [-0.2, -0.15) is 4.89 Å². The van der Waals surface area contributed by atoms with Crippen molar-refractivity contribution in [2.24, 2.45) is 17.8 Å². The number of nitrogens with zero attached hydrogens (tertiary/aromatic N) is 1. The first-order valence-corrected chi connectivity index (χ1v) is 10.8. The molecule has 0 spiro atoms. The van der Waals surface area contributed by atoms with Gasteiger partial charge in [0.15, 0.2) is 0 Å². The molecule has 29 heavy (non-hydrogen) atoms. The molecule has 2 aliphatic rings. The minimum absolute atomic E-state index is 0.0531. The van der Waals surface area contributed by atoms with Gasteiger partial charge in [0.25, 0.3) is 11.8 Å². The first-order chi connectivity index (χ1) is 13.7. The van der Waals surface area contributed by atoms with Crippen molar-refractivity contribution in [3.8, 4) is 0 Å². The molecule has 3 unspecified atom stereocenters. The Morgan fingerprint density at radius 2 is 1.72 bits per heavy atom. The second-order valence-corrected chi connectivity index (χ2v) is 8.81. The average Bonchev–Trinajstić information content (AvgIpc) is 2.85. The van der Waals surface area contributed by atoms with E-state index >= 15 is 0 Å². The largest absolute Gasteiger partial charge is 0.345 e. The molecule has 0 N–H and O–H groups in total. The summed E-state index contributed by atoms with van der Waals surface area (Å²) in [6.07, 6.45) is 5.29. The number of amides is 2. The summed E-state index contributed by atoms with van der Waals surface area (Å²) in [5, 5.41) is 4.80. The maximum Gasteiger partial charge on any atom is 0.345 e. The zero-order chi connectivity index (χ0) is 21.6. The molecule has 0 saturated heterocycles. The fourth-order valence-electron chi connectivity index (χ4n) is 4.11. The van der Waals surface area contributed by atoms with Crippen LogP contribution in [0.15, 0.2) is 11.1 Å². The quantitative estimate of drug-likeness (QED) is 0.234. The summed E-state index contributed by atoms with van der Waals surface area (Å²) in [6, 6.07) is 0. The van der Waals surface area contributed by atoms with Gasteiger partial charge in [-0.1, -0.05) is 33.6 Å². The lowest BCUT2D eigenvalue weighted by Crippen LogP contribution is -2.34. The molecule has 0 aromatic rings. The third kappa shape index (κ3) is 6.37. The Morgan fingerprint density at radius 1 is 1.07 bits per heavy atom. The van der Waals surface area contributed by atoms with Gasteiger partial charge in [0.2, 0.25) is 0 Å². The van der Waals surface area contributed by atoms with Crippen LogP contribution in [0.25, 0.3) is 0 Å². The highest BCUT2D eigenvalue weighted by Crippen LogP contribution is 2.35. The lowest BCUT2D eigenvalue weighted by atomic mass is 9.75. The summed E-state index contributed by atoms with van der Waals surface area (Å²) >= 11 is 0. The lowest BCUT2D eigenvalue weighted by Gasteiger charge is -2.35. The van der Waals surface area contributed by atoms with Crippen LogP contribution < -0.4 is 0 Å². The van der Waals surface area contributed by atoms with Crippen molar-refractivity contribution in [1.82, 2.24) is 4.90 Å². The molecule has 7 heteroatoms. The summed E-state index contributed by atoms with van der Waals surface area (Å²) in [5.41, 5.74) is 1.03. The molecule has 0 aromatic carbocycles. The Balaban J connectivity index is 1.58. The van der Waals surface area contributed by atoms with Crippen molar-refractivity contribution in [3.63, 3.8) is 0 Å². The first kappa shape index (κ1) is 23.5. The Morgan fingerprint density at radius 3 is 2.34 bits per heavy atom. The summed E-state index contributed by atoms with van der Waals surface area (Å²) in [5.74, 6) is 0.568. The van der Waals surface area contributed by atoms with E-state index in [-0.39, 0.29) is 24.3 Å². The third-order valence-corrected chi connectivity index (χ3v) is 6.21. The normalized spacial score (nSPS) is 25.3. The first-order valence-electron chi connectivity index (χ1n) is 10.8. The van der Waals surface area contributed by atoms with Crippen LogP contribution in [-0.4, -0.2) is 35.3 Å². The minimum Gasteiger partial charge on any atom is -0.275 e. The summed E-state index contributed by atoms with van der Waals surface area (Å²) in [4.78, 5) is 47.2. The Kier molecular flexibility index (Phi) is 8.83. The maximum atomic E-state index is 12.0. The molecule has 1 fully saturated rings. The van der Waals surface area contributed by atoms with Crippen LogP contribution in [-0.2, 0) is 29.2 Å². The molecule has 164 valence electrons. The molecule has 2 rings (SSSR count). The van der Waals surface area contributed by atoms with E-state index in [0.29, 0.717) is 54.7 Å². The number of carbonyl (C=O) groups excluding carboxylic acids is 3. The van der Waals surface area contributed by atoms with E-state index in [2.05, 4.69) is 20.8 Å². The SMILES string of the molecule is CC1=C(C)C(=O)N(CCCCCC(=O)OOOC2CC(C)CCC2C(C)C)C1=O. The van der Waals surface area contributed by atoms with Crippen molar-refractivity contribution < 1.29 is 29.2 Å². The van der Waals surface area contributed by atoms with Gasteiger partial charge in [-0.05, 0) is 62.3 Å². The van der Waals surface area contributed by atoms with E-state index < -0.39 is 5.97 Å². The van der Waals surface area contributed by atoms with Crippen LogP contribution in [0.2, 0.25) is 0 Å². The topological polar surface area (TPSA) is 82.1 Å². The minimum atomic E-state index is -0.475. The van der Waals surface area contributed by atoms with E-state index in [4.69, 9.17) is 14.8 Å². The van der Waals surface area contributed by atoms with Crippen molar-refractivity contribution in [2.45, 2.75) is 85.7 Å². The van der Waals surface area contributed by atoms with Crippen molar-refractivity contribution in [3.05, 3.63) is 11.1 Å². The van der Waals surface area contributed by atoms with E-state index in [1.165, 1.54) is 11.3 Å². The number of rotatable bonds is 10. The third-order valence-electron chi connectivity index (χ3n) is 6.21. The standard InChI is InChI=1S/C22H35NO6/c1-14(2)18-11-10-15(3)13-19(18)27-29-28-20(24)9-7-6-8-12-23-21(25)16(4)17(5)22(23)26/h14-15,18-19H,6-13H2,1-5H3. The van der Waals surface area contributed by atoms with Gasteiger partial charge >= 0.3 is 5.97 Å². The molecular weight excluding hydrogens is 374 g/mol. The Hall–Kier alpha value is -1.73. The molecule has 0 bridgehead atoms. The van der Waals surface area contributed by atoms with Gasteiger partial charge in [-0.3, -0.25) is 19.4 Å². The van der Waals surface area contributed by atoms with Gasteiger partial charge in [-0.15, -0.1) is 0 Å². The molecule has 0 radical (unpaired) electrons. The summed E-state index contributed by atoms with van der Waals surface area (Å²) in [7, 11) is 0. The number of hydrogen-bond donors (Lipinski definition) is 0. The molecule has 1 saturated carbocycles. The molecular formula is C22H35NO6. The molecule has 7 nitrogen and oxygen atoms in total. The zero-order valence-electron chi connectivity index (χ0n) is 18.4. The average molecular weight is 410 g/mol. The highest BCUT2D eigenvalue weighted by atomic mass is 17.5. The number of hydrogen-bond acceptors (Lipinski definition) is 6. The van der Waals surface area contributed by atoms with E-state index in [9.17, 15) is 14.4 Å². The van der Waals surface area contributed by atoms with Crippen molar-refractivity contribution >= 4 is 17.8 Å². The molecule has 1 aliphatic heterocycles. The predicted octanol–water partition coefficient (Wildman–Crippen LogP) is 4.12. The molecule has 1 aliphatic carbocycles. The van der Waals surface area contributed by atoms with Crippen molar-refractivity contribution in [2.75, 3.05) is 6.54 Å². The van der Waals surface area contributed by atoms with Gasteiger partial charge in [0.1, 0.15) is 6.10 Å². The van der Waals surface area contributed by atoms with Crippen LogP contribution in [0.3, 0.4) is 0 Å². The number of unbranched alkanes of at least 4 members (excludes halogenated alkanes) is 2. The molecule has 1 heterocycles. The smallest absolute Gasteiger partial charge is 0.275 e. The molecule has 0 aromatic heterocycles. The van der Waals surface area contributed by atoms with Crippen LogP contribution in [0.4, 0.5) is 0 Å². The monoisotopic (exact) mass is 409 g/mol. The summed E-state index contributed by atoms with van der Waals surface area (Å²) in [6.45, 7) is 10.3. The van der Waals surface area contributed by atoms with Crippen LogP contribution in [0.1, 0.15) is 79.6 Å². The van der Waals surface area contributed by atoms with Crippen LogP contribution in [0, 0.1) is 17.8 Å². The highest BCUT2D eigenvalue weighted by molar-refractivity contribution is 6.18. The van der Waals surface area contributed by atoms with Gasteiger partial charge in [0, 0.05) is 24.1 Å². The Bertz CT molecular complexity index is 617. The van der Waals surface area contributed by atoms with E-state index in [0.717, 1.165) is 12.8 Å². The van der Waals surface area contributed by atoms with E-state index in [1.54, 1.807) is 13.8 Å². The highest BCUT2D eigenvalue weighted by Gasteiger charge is 2.33. The predicted molar refractivity (Wildman–Crippen MR) is 107 cm³/mol. The maximum absolute atomic E-state index is 12.0. The van der Waals surface area contributed by atoms with Gasteiger partial charge < -0.3 is 0 Å². The Labute approximate surface area is 173 Å². The van der Waals surface area contributed by atoms with E-state index in [1.807, 2.05) is 0 Å². The lowest BCUT2D eigenvalue weighted by molar-refractivity contribution is -0.508. The van der Waals surface area contributed by atoms with Crippen LogP contribution in [0.5, 0.6) is 0 Å². The van der Waals surface area contributed by atoms with Crippen molar-refractivity contribution in [1.29, 1.82) is 0 Å². The molecule has 2 amide bonds. The number of carbonyl (C=O) groups is 3. The second kappa shape index (κ2) is 10.9. The van der Waals surface area contributed by atoms with Crippen LogP contribution >= 0.6 is 0 Å². The second-order valence-electron chi connectivity index (χ2n) is 8.81. The number of imide groups is 1. The fraction of sp³-hybridized carbons (Fsp3) is 0.773. The van der Waals surface area contributed by atoms with Gasteiger partial charge in [0.05, 0.1) is 0 Å². The molecule has 3 atom stereocenters. The summed E-state index contributed by atoms with van der Waals surface area (Å²) < 4.78 is 0. The fourth-order valence-corrected chi connectivity index (χ4v) is 4.11. The zero-order valence-corrected chi connectivity index (χ0v) is 18.4.